The summed E-state index contributed by atoms with van der Waals surface area (Å²) in [5.41, 5.74) is 3.57. The van der Waals surface area contributed by atoms with E-state index in [1.807, 2.05) is 11.0 Å². The average molecular weight is 385 g/mol. The van der Waals surface area contributed by atoms with Crippen LogP contribution in [-0.4, -0.2) is 28.9 Å². The van der Waals surface area contributed by atoms with Gasteiger partial charge in [-0.2, -0.15) is 0 Å². The topological polar surface area (TPSA) is 53.2 Å². The van der Waals surface area contributed by atoms with Gasteiger partial charge in [0, 0.05) is 30.8 Å². The Labute approximate surface area is 164 Å². The number of likely N-dealkylation sites (tertiary alicyclic amines) is 1. The summed E-state index contributed by atoms with van der Waals surface area (Å²) in [6, 6.07) is 11.7. The second kappa shape index (κ2) is 7.73. The van der Waals surface area contributed by atoms with Crippen LogP contribution in [0.15, 0.2) is 47.3 Å². The monoisotopic (exact) mass is 384 g/mol. The minimum Gasteiger partial charge on any atom is -0.339 e. The van der Waals surface area contributed by atoms with Gasteiger partial charge in [-0.3, -0.25) is 9.59 Å². The molecule has 3 rings (SSSR count). The first-order chi connectivity index (χ1) is 12.8. The summed E-state index contributed by atoms with van der Waals surface area (Å²) in [5, 5.41) is 0.163. The van der Waals surface area contributed by atoms with Gasteiger partial charge in [0.25, 0.3) is 5.56 Å². The highest BCUT2D eigenvalue weighted by Gasteiger charge is 2.19. The van der Waals surface area contributed by atoms with Crippen molar-refractivity contribution >= 4 is 23.1 Å². The fraction of sp³-hybridized carbons (Fsp3) is 0.364. The quantitative estimate of drug-likeness (QED) is 0.850. The fourth-order valence-corrected chi connectivity index (χ4v) is 3.35. The molecule has 1 N–H and O–H groups in total. The van der Waals surface area contributed by atoms with Crippen LogP contribution in [0.2, 0.25) is 5.02 Å². The van der Waals surface area contributed by atoms with Crippen LogP contribution in [-0.2, 0) is 10.2 Å². The van der Waals surface area contributed by atoms with Crippen molar-refractivity contribution in [2.45, 2.75) is 39.0 Å². The molecular weight excluding hydrogens is 360 g/mol. The van der Waals surface area contributed by atoms with Crippen molar-refractivity contribution in [3.63, 3.8) is 0 Å². The number of carbonyl (C=O) groups is 1. The number of rotatable bonds is 4. The fourth-order valence-electron chi connectivity index (χ4n) is 3.24. The predicted molar refractivity (Wildman–Crippen MR) is 110 cm³/mol. The van der Waals surface area contributed by atoms with Gasteiger partial charge in [-0.1, -0.05) is 62.7 Å². The van der Waals surface area contributed by atoms with Crippen molar-refractivity contribution in [3.8, 4) is 0 Å². The van der Waals surface area contributed by atoms with E-state index in [1.54, 1.807) is 12.1 Å². The van der Waals surface area contributed by atoms with Gasteiger partial charge in [-0.15, -0.1) is 0 Å². The lowest BCUT2D eigenvalue weighted by Crippen LogP contribution is -2.24. The number of aromatic amines is 1. The number of amides is 1. The van der Waals surface area contributed by atoms with Gasteiger partial charge in [0.05, 0.1) is 0 Å². The molecule has 1 fully saturated rings. The van der Waals surface area contributed by atoms with E-state index in [0.29, 0.717) is 18.7 Å². The van der Waals surface area contributed by atoms with Crippen molar-refractivity contribution in [1.82, 2.24) is 9.88 Å². The molecule has 0 bridgehead atoms. The minimum atomic E-state index is -0.316. The summed E-state index contributed by atoms with van der Waals surface area (Å²) in [6.45, 7) is 7.83. The molecule has 0 radical (unpaired) electrons. The summed E-state index contributed by atoms with van der Waals surface area (Å²) in [7, 11) is 0. The van der Waals surface area contributed by atoms with Crippen LogP contribution < -0.4 is 5.56 Å². The Morgan fingerprint density at radius 3 is 2.41 bits per heavy atom. The van der Waals surface area contributed by atoms with E-state index in [-0.39, 0.29) is 21.9 Å². The SMILES string of the molecule is CC(C)(C)c1ccc(/C(=C\CN2CCCC2=O)c2ccc(Cl)c(=O)[nH]2)cc1. The number of carbonyl (C=O) groups excluding carboxylic acids is 1. The Bertz CT molecular complexity index is 921. The third kappa shape index (κ3) is 4.51. The van der Waals surface area contributed by atoms with Crippen LogP contribution in [0.25, 0.3) is 5.57 Å². The van der Waals surface area contributed by atoms with Crippen molar-refractivity contribution in [2.75, 3.05) is 13.1 Å². The van der Waals surface area contributed by atoms with Gasteiger partial charge >= 0.3 is 0 Å². The summed E-state index contributed by atoms with van der Waals surface area (Å²) in [4.78, 5) is 28.6. The lowest BCUT2D eigenvalue weighted by atomic mass is 9.86. The lowest BCUT2D eigenvalue weighted by Gasteiger charge is -2.20. The second-order valence-electron chi connectivity index (χ2n) is 7.94. The van der Waals surface area contributed by atoms with Crippen LogP contribution in [0, 0.1) is 0 Å². The van der Waals surface area contributed by atoms with Gasteiger partial charge in [-0.25, -0.2) is 0 Å². The van der Waals surface area contributed by atoms with Gasteiger partial charge in [0.2, 0.25) is 5.91 Å². The zero-order valence-electron chi connectivity index (χ0n) is 16.0. The number of hydrogen-bond acceptors (Lipinski definition) is 2. The summed E-state index contributed by atoms with van der Waals surface area (Å²) in [6.07, 6.45) is 3.52. The zero-order chi connectivity index (χ0) is 19.6. The number of hydrogen-bond donors (Lipinski definition) is 1. The van der Waals surface area contributed by atoms with Gasteiger partial charge in [-0.05, 0) is 35.1 Å². The van der Waals surface area contributed by atoms with Crippen molar-refractivity contribution in [3.05, 3.63) is 74.7 Å². The Morgan fingerprint density at radius 1 is 1.15 bits per heavy atom. The summed E-state index contributed by atoms with van der Waals surface area (Å²) < 4.78 is 0. The molecule has 0 unspecified atom stereocenters. The maximum absolute atomic E-state index is 12.0. The maximum Gasteiger partial charge on any atom is 0.267 e. The molecule has 1 aromatic carbocycles. The van der Waals surface area contributed by atoms with E-state index in [0.717, 1.165) is 24.1 Å². The molecule has 0 aliphatic carbocycles. The molecule has 5 heteroatoms. The van der Waals surface area contributed by atoms with Gasteiger partial charge in [0.15, 0.2) is 0 Å². The normalized spacial score (nSPS) is 15.5. The Morgan fingerprint density at radius 2 is 1.85 bits per heavy atom. The number of aromatic nitrogens is 1. The lowest BCUT2D eigenvalue weighted by molar-refractivity contribution is -0.127. The Hall–Kier alpha value is -2.33. The van der Waals surface area contributed by atoms with E-state index in [2.05, 4.69) is 50.0 Å². The number of benzene rings is 1. The molecule has 1 aliphatic heterocycles. The molecule has 0 atom stereocenters. The highest BCUT2D eigenvalue weighted by Crippen LogP contribution is 2.27. The summed E-state index contributed by atoms with van der Waals surface area (Å²) in [5.74, 6) is 0.179. The van der Waals surface area contributed by atoms with Crippen LogP contribution in [0.5, 0.6) is 0 Å². The minimum absolute atomic E-state index is 0.0684. The summed E-state index contributed by atoms with van der Waals surface area (Å²) >= 11 is 5.89. The molecule has 1 saturated heterocycles. The largest absolute Gasteiger partial charge is 0.339 e. The van der Waals surface area contributed by atoms with Crippen molar-refractivity contribution in [2.24, 2.45) is 0 Å². The molecule has 0 saturated carbocycles. The maximum atomic E-state index is 12.0. The number of H-pyrrole nitrogens is 1. The van der Waals surface area contributed by atoms with E-state index in [9.17, 15) is 9.59 Å². The third-order valence-electron chi connectivity index (χ3n) is 4.90. The number of pyridine rings is 1. The van der Waals surface area contributed by atoms with Crippen LogP contribution >= 0.6 is 11.6 Å². The first kappa shape index (κ1) is 19.4. The number of nitrogens with one attached hydrogen (secondary N) is 1. The molecule has 1 aromatic heterocycles. The van der Waals surface area contributed by atoms with E-state index in [4.69, 9.17) is 11.6 Å². The van der Waals surface area contributed by atoms with Crippen LogP contribution in [0.1, 0.15) is 50.4 Å². The smallest absolute Gasteiger partial charge is 0.267 e. The molecule has 1 aliphatic rings. The Balaban J connectivity index is 1.99. The van der Waals surface area contributed by atoms with Crippen molar-refractivity contribution < 1.29 is 4.79 Å². The highest BCUT2D eigenvalue weighted by atomic mass is 35.5. The van der Waals surface area contributed by atoms with E-state index >= 15 is 0 Å². The first-order valence-electron chi connectivity index (χ1n) is 9.24. The zero-order valence-corrected chi connectivity index (χ0v) is 16.8. The molecule has 27 heavy (non-hydrogen) atoms. The number of halogens is 1. The molecule has 0 spiro atoms. The molecule has 142 valence electrons. The molecule has 2 aromatic rings. The van der Waals surface area contributed by atoms with Crippen molar-refractivity contribution in [1.29, 1.82) is 0 Å². The van der Waals surface area contributed by atoms with E-state index in [1.165, 1.54) is 5.56 Å². The number of nitrogens with zero attached hydrogens (tertiary/aromatic N) is 1. The first-order valence-corrected chi connectivity index (χ1v) is 9.61. The van der Waals surface area contributed by atoms with Crippen LogP contribution in [0.4, 0.5) is 0 Å². The third-order valence-corrected chi connectivity index (χ3v) is 5.20. The average Bonchev–Trinajstić information content (AvgIpc) is 3.03. The van der Waals surface area contributed by atoms with Gasteiger partial charge in [0.1, 0.15) is 5.02 Å². The predicted octanol–water partition coefficient (Wildman–Crippen LogP) is 4.38. The van der Waals surface area contributed by atoms with Crippen LogP contribution in [0.3, 0.4) is 0 Å². The Kier molecular flexibility index (Phi) is 5.56. The molecule has 4 nitrogen and oxygen atoms in total. The highest BCUT2D eigenvalue weighted by molar-refractivity contribution is 6.30. The molecule has 1 amide bonds. The second-order valence-corrected chi connectivity index (χ2v) is 8.34. The van der Waals surface area contributed by atoms with Gasteiger partial charge < -0.3 is 9.88 Å². The standard InChI is InChI=1S/C22H25ClN2O2/c1-22(2,3)16-8-6-15(7-9-16)17(12-14-25-13-4-5-20(25)26)19-11-10-18(23)21(27)24-19/h6-12H,4-5,13-14H2,1-3H3,(H,24,27)/b17-12+. The van der Waals surface area contributed by atoms with E-state index < -0.39 is 0 Å². The molecular formula is C22H25ClN2O2. The molecule has 2 heterocycles.